The molecule has 2 aromatic rings. The molecule has 0 radical (unpaired) electrons. The Labute approximate surface area is 119 Å². The second-order valence-electron chi connectivity index (χ2n) is 3.84. The molecule has 1 heterocycles. The first-order valence-electron chi connectivity index (χ1n) is 5.65. The van der Waals surface area contributed by atoms with Crippen LogP contribution in [0.25, 0.3) is 10.2 Å². The first-order chi connectivity index (χ1) is 9.39. The van der Waals surface area contributed by atoms with Crippen molar-refractivity contribution in [2.24, 2.45) is 0 Å². The van der Waals surface area contributed by atoms with Crippen molar-refractivity contribution in [3.63, 3.8) is 0 Å². The van der Waals surface area contributed by atoms with E-state index in [-0.39, 0.29) is 5.13 Å². The summed E-state index contributed by atoms with van der Waals surface area (Å²) >= 11 is 1.12. The van der Waals surface area contributed by atoms with E-state index in [1.54, 1.807) is 18.2 Å². The number of carbonyl (C=O) groups is 1. The summed E-state index contributed by atoms with van der Waals surface area (Å²) < 4.78 is 31.3. The lowest BCUT2D eigenvalue weighted by Crippen LogP contribution is -2.22. The molecule has 108 valence electrons. The van der Waals surface area contributed by atoms with Gasteiger partial charge in [-0.15, -0.1) is 0 Å². The van der Waals surface area contributed by atoms with E-state index in [1.807, 2.05) is 6.92 Å². The summed E-state index contributed by atoms with van der Waals surface area (Å²) in [6, 6.07) is 5.21. The molecule has 0 spiro atoms. The zero-order chi connectivity index (χ0) is 14.8. The molecule has 0 bridgehead atoms. The minimum atomic E-state index is -3.93. The quantitative estimate of drug-likeness (QED) is 0.837. The van der Waals surface area contributed by atoms with E-state index in [9.17, 15) is 13.2 Å². The fourth-order valence-corrected chi connectivity index (χ4v) is 3.54. The van der Waals surface area contributed by atoms with Gasteiger partial charge in [-0.1, -0.05) is 11.3 Å². The van der Waals surface area contributed by atoms with Crippen LogP contribution in [0.5, 0.6) is 5.75 Å². The summed E-state index contributed by atoms with van der Waals surface area (Å²) in [5.41, 5.74) is 0.617. The van der Waals surface area contributed by atoms with E-state index < -0.39 is 21.7 Å². The number of thiazole rings is 1. The molecule has 1 aromatic carbocycles. The van der Waals surface area contributed by atoms with Gasteiger partial charge in [0.25, 0.3) is 0 Å². The normalized spacial score (nSPS) is 11.4. The molecule has 9 heteroatoms. The number of anilines is 1. The first kappa shape index (κ1) is 14.5. The van der Waals surface area contributed by atoms with Crippen LogP contribution >= 0.6 is 11.3 Å². The van der Waals surface area contributed by atoms with Crippen molar-refractivity contribution >= 4 is 42.7 Å². The lowest BCUT2D eigenvalue weighted by Gasteiger charge is -2.00. The van der Waals surface area contributed by atoms with Crippen LogP contribution in [-0.4, -0.2) is 36.8 Å². The van der Waals surface area contributed by atoms with Gasteiger partial charge >= 0.3 is 5.97 Å². The van der Waals surface area contributed by atoms with E-state index in [0.29, 0.717) is 17.9 Å². The van der Waals surface area contributed by atoms with Crippen LogP contribution in [0.1, 0.15) is 6.92 Å². The molecule has 0 atom stereocenters. The number of ether oxygens (including phenoxy) is 1. The second kappa shape index (κ2) is 5.63. The molecule has 7 nitrogen and oxygen atoms in total. The first-order valence-corrected chi connectivity index (χ1v) is 8.12. The fourth-order valence-electron chi connectivity index (χ4n) is 1.54. The van der Waals surface area contributed by atoms with Gasteiger partial charge in [0.05, 0.1) is 16.8 Å². The maximum atomic E-state index is 11.5. The Bertz CT molecular complexity index is 738. The fraction of sp³-hybridized carbons (Fsp3) is 0.273. The Kier molecular flexibility index (Phi) is 4.09. The van der Waals surface area contributed by atoms with Gasteiger partial charge < -0.3 is 9.84 Å². The summed E-state index contributed by atoms with van der Waals surface area (Å²) in [6.45, 7) is 2.39. The molecule has 0 aliphatic heterocycles. The largest absolute Gasteiger partial charge is 0.494 e. The molecular formula is C11H12N2O5S2. The number of hydrogen-bond donors (Lipinski definition) is 2. The van der Waals surface area contributed by atoms with Crippen LogP contribution in [0.15, 0.2) is 18.2 Å². The Hall–Kier alpha value is -1.87. The Morgan fingerprint density at radius 3 is 2.90 bits per heavy atom. The highest BCUT2D eigenvalue weighted by atomic mass is 32.2. The molecule has 0 unspecified atom stereocenters. The highest BCUT2D eigenvalue weighted by molar-refractivity contribution is 7.93. The van der Waals surface area contributed by atoms with Gasteiger partial charge in [-0.2, -0.15) is 0 Å². The molecule has 2 rings (SSSR count). The van der Waals surface area contributed by atoms with Crippen molar-refractivity contribution in [3.05, 3.63) is 18.2 Å². The Balaban J connectivity index is 2.26. The standard InChI is InChI=1S/C11H12N2O5S2/c1-2-18-7-3-4-8-9(5-7)19-11(12-8)13-20(16,17)6-10(14)15/h3-5H,2,6H2,1H3,(H,12,13)(H,14,15). The monoisotopic (exact) mass is 316 g/mol. The number of rotatable bonds is 6. The Morgan fingerprint density at radius 1 is 1.50 bits per heavy atom. The third-order valence-corrected chi connectivity index (χ3v) is 4.42. The zero-order valence-corrected chi connectivity index (χ0v) is 12.1. The summed E-state index contributed by atoms with van der Waals surface area (Å²) in [5, 5.41) is 8.64. The number of nitrogens with zero attached hydrogens (tertiary/aromatic N) is 1. The average molecular weight is 316 g/mol. The highest BCUT2D eigenvalue weighted by Crippen LogP contribution is 2.29. The summed E-state index contributed by atoms with van der Waals surface area (Å²) in [6.07, 6.45) is 0. The molecule has 0 aliphatic rings. The van der Waals surface area contributed by atoms with Crippen LogP contribution in [0.2, 0.25) is 0 Å². The molecule has 1 aromatic heterocycles. The number of benzene rings is 1. The van der Waals surface area contributed by atoms with Gasteiger partial charge in [0.2, 0.25) is 10.0 Å². The van der Waals surface area contributed by atoms with Crippen LogP contribution in [0.4, 0.5) is 5.13 Å². The van der Waals surface area contributed by atoms with Gasteiger partial charge in [0.1, 0.15) is 5.75 Å². The number of aromatic nitrogens is 1. The minimum absolute atomic E-state index is 0.134. The predicted molar refractivity (Wildman–Crippen MR) is 75.8 cm³/mol. The SMILES string of the molecule is CCOc1ccc2nc(NS(=O)(=O)CC(=O)O)sc2c1. The van der Waals surface area contributed by atoms with Gasteiger partial charge in [-0.3, -0.25) is 9.52 Å². The summed E-state index contributed by atoms with van der Waals surface area (Å²) in [4.78, 5) is 14.5. The van der Waals surface area contributed by atoms with Crippen molar-refractivity contribution in [3.8, 4) is 5.75 Å². The number of nitrogens with one attached hydrogen (secondary N) is 1. The van der Waals surface area contributed by atoms with Crippen LogP contribution in [0.3, 0.4) is 0 Å². The van der Waals surface area contributed by atoms with Crippen molar-refractivity contribution in [2.75, 3.05) is 17.1 Å². The molecule has 0 aliphatic carbocycles. The lowest BCUT2D eigenvalue weighted by atomic mass is 10.3. The molecule has 20 heavy (non-hydrogen) atoms. The van der Waals surface area contributed by atoms with E-state index in [1.165, 1.54) is 0 Å². The molecular weight excluding hydrogens is 304 g/mol. The minimum Gasteiger partial charge on any atom is -0.494 e. The third-order valence-electron chi connectivity index (χ3n) is 2.23. The van der Waals surface area contributed by atoms with Gasteiger partial charge in [-0.25, -0.2) is 13.4 Å². The average Bonchev–Trinajstić information content (AvgIpc) is 2.67. The Morgan fingerprint density at radius 2 is 2.25 bits per heavy atom. The number of sulfonamides is 1. The molecule has 2 N–H and O–H groups in total. The molecule has 0 saturated carbocycles. The van der Waals surface area contributed by atoms with Crippen LogP contribution in [0, 0.1) is 0 Å². The highest BCUT2D eigenvalue weighted by Gasteiger charge is 2.17. The summed E-state index contributed by atoms with van der Waals surface area (Å²) in [7, 11) is -3.93. The lowest BCUT2D eigenvalue weighted by molar-refractivity contribution is -0.134. The van der Waals surface area contributed by atoms with E-state index in [4.69, 9.17) is 9.84 Å². The predicted octanol–water partition coefficient (Wildman–Crippen LogP) is 1.52. The maximum Gasteiger partial charge on any atom is 0.320 e. The zero-order valence-electron chi connectivity index (χ0n) is 10.5. The maximum absolute atomic E-state index is 11.5. The smallest absolute Gasteiger partial charge is 0.320 e. The van der Waals surface area contributed by atoms with Gasteiger partial charge in [-0.05, 0) is 25.1 Å². The molecule has 0 amide bonds. The van der Waals surface area contributed by atoms with E-state index in [0.717, 1.165) is 16.0 Å². The third kappa shape index (κ3) is 3.58. The molecule has 0 fully saturated rings. The van der Waals surface area contributed by atoms with Crippen LogP contribution in [-0.2, 0) is 14.8 Å². The van der Waals surface area contributed by atoms with Gasteiger partial charge in [0.15, 0.2) is 10.9 Å². The number of carboxylic acid groups (broad SMARTS) is 1. The van der Waals surface area contributed by atoms with Crippen molar-refractivity contribution in [1.29, 1.82) is 0 Å². The van der Waals surface area contributed by atoms with E-state index in [2.05, 4.69) is 9.71 Å². The van der Waals surface area contributed by atoms with Gasteiger partial charge in [0, 0.05) is 0 Å². The van der Waals surface area contributed by atoms with Crippen molar-refractivity contribution in [2.45, 2.75) is 6.92 Å². The topological polar surface area (TPSA) is 106 Å². The second-order valence-corrected chi connectivity index (χ2v) is 6.59. The van der Waals surface area contributed by atoms with E-state index >= 15 is 0 Å². The van der Waals surface area contributed by atoms with Crippen LogP contribution < -0.4 is 9.46 Å². The number of aliphatic carboxylic acids is 1. The van der Waals surface area contributed by atoms with Crippen molar-refractivity contribution in [1.82, 2.24) is 4.98 Å². The number of carboxylic acids is 1. The van der Waals surface area contributed by atoms with Crippen molar-refractivity contribution < 1.29 is 23.1 Å². The molecule has 0 saturated heterocycles. The number of hydrogen-bond acceptors (Lipinski definition) is 6. The number of fused-ring (bicyclic) bond motifs is 1. The summed E-state index contributed by atoms with van der Waals surface area (Å²) in [5.74, 6) is -1.74.